The first-order chi connectivity index (χ1) is 15.9. The number of nitrogens with two attached hydrogens (primary N) is 2. The molecule has 0 aliphatic heterocycles. The van der Waals surface area contributed by atoms with Crippen LogP contribution in [0.3, 0.4) is 0 Å². The Morgan fingerprint density at radius 1 is 0.970 bits per heavy atom. The number of hydrogen-bond acceptors (Lipinski definition) is 3. The molecular weight excluding hydrogens is 402 g/mol. The van der Waals surface area contributed by atoms with E-state index in [1.165, 1.54) is 70.4 Å². The lowest BCUT2D eigenvalue weighted by molar-refractivity contribution is -0.0637. The standard InChI is InChI=1S/C25H44N2.C2H4.C2H2.CH5N/c1-5-14-27(26)16-18(3)23-10-11-24-22-9-7-19-15-17(2)6-8-20(19)21(22)12-13-25(23,24)4;3*1-2/h17,19-24H,3,5-16,26H2,1-2,4H3;1-2H2;1-2H;2H2,1H3/t17-,19?,20?,21?,22?,23?,24?,25?;;;/m0.../s1. The fraction of sp³-hybridized carbons (Fsp3) is 0.800. The molecule has 8 atom stereocenters. The molecule has 0 aromatic carbocycles. The van der Waals surface area contributed by atoms with Crippen LogP contribution in [0.25, 0.3) is 0 Å². The van der Waals surface area contributed by atoms with Crippen molar-refractivity contribution in [3.63, 3.8) is 0 Å². The van der Waals surface area contributed by atoms with E-state index in [0.717, 1.165) is 55.0 Å². The van der Waals surface area contributed by atoms with Crippen molar-refractivity contribution in [1.29, 1.82) is 0 Å². The highest BCUT2D eigenvalue weighted by Gasteiger charge is 2.57. The maximum atomic E-state index is 6.23. The third-order valence-electron chi connectivity index (χ3n) is 9.63. The molecule has 190 valence electrons. The van der Waals surface area contributed by atoms with Crippen LogP contribution < -0.4 is 11.6 Å². The number of terminal acetylenes is 1. The van der Waals surface area contributed by atoms with Gasteiger partial charge in [-0.2, -0.15) is 0 Å². The molecule has 4 N–H and O–H groups in total. The van der Waals surface area contributed by atoms with E-state index in [4.69, 9.17) is 5.84 Å². The van der Waals surface area contributed by atoms with Crippen LogP contribution in [-0.2, 0) is 0 Å². The highest BCUT2D eigenvalue weighted by atomic mass is 15.4. The van der Waals surface area contributed by atoms with E-state index in [0.29, 0.717) is 11.3 Å². The molecule has 4 aliphatic carbocycles. The summed E-state index contributed by atoms with van der Waals surface area (Å²) in [5.74, 6) is 13.1. The van der Waals surface area contributed by atoms with E-state index in [1.807, 2.05) is 5.01 Å². The summed E-state index contributed by atoms with van der Waals surface area (Å²) in [5.41, 5.74) is 6.43. The SMILES string of the molecule is C#C.C=C.C=C(CN(N)CCC)C1CCC2C3CCC4C[C@@H](C)CCC4C3CCC12C.CN. The Kier molecular flexibility index (Phi) is 13.0. The highest BCUT2D eigenvalue weighted by Crippen LogP contribution is 2.65. The topological polar surface area (TPSA) is 55.3 Å². The summed E-state index contributed by atoms with van der Waals surface area (Å²) in [7, 11) is 1.50. The normalized spacial score (nSPS) is 38.5. The Balaban J connectivity index is 0.000000841. The smallest absolute Gasteiger partial charge is 0.0339 e. The maximum absolute atomic E-state index is 6.23. The third kappa shape index (κ3) is 6.53. The Bertz CT molecular complexity index is 599. The third-order valence-corrected chi connectivity index (χ3v) is 9.63. The molecule has 4 saturated carbocycles. The Labute approximate surface area is 206 Å². The minimum atomic E-state index is 0.500. The van der Waals surface area contributed by atoms with Crippen LogP contribution >= 0.6 is 0 Å². The Morgan fingerprint density at radius 2 is 1.61 bits per heavy atom. The van der Waals surface area contributed by atoms with Crippen molar-refractivity contribution < 1.29 is 0 Å². The Morgan fingerprint density at radius 3 is 2.24 bits per heavy atom. The largest absolute Gasteiger partial charge is 0.333 e. The van der Waals surface area contributed by atoms with E-state index in [2.05, 4.69) is 59.1 Å². The predicted octanol–water partition coefficient (Wildman–Crippen LogP) is 6.66. The van der Waals surface area contributed by atoms with Crippen LogP contribution in [0.2, 0.25) is 0 Å². The summed E-state index contributed by atoms with van der Waals surface area (Å²) in [6, 6.07) is 0. The summed E-state index contributed by atoms with van der Waals surface area (Å²) in [6.45, 7) is 19.8. The van der Waals surface area contributed by atoms with Crippen molar-refractivity contribution in [3.05, 3.63) is 25.3 Å². The maximum Gasteiger partial charge on any atom is 0.0339 e. The van der Waals surface area contributed by atoms with Gasteiger partial charge in [-0.15, -0.1) is 26.0 Å². The lowest BCUT2D eigenvalue weighted by Gasteiger charge is -2.56. The van der Waals surface area contributed by atoms with Gasteiger partial charge < -0.3 is 5.73 Å². The summed E-state index contributed by atoms with van der Waals surface area (Å²) in [6.07, 6.45) is 22.5. The number of hydrazine groups is 1. The van der Waals surface area contributed by atoms with Crippen molar-refractivity contribution in [2.24, 2.45) is 58.4 Å². The number of rotatable bonds is 5. The van der Waals surface area contributed by atoms with E-state index in [9.17, 15) is 0 Å². The molecule has 33 heavy (non-hydrogen) atoms. The molecule has 0 bridgehead atoms. The number of fused-ring (bicyclic) bond motifs is 5. The molecule has 0 aromatic rings. The van der Waals surface area contributed by atoms with Crippen molar-refractivity contribution in [2.75, 3.05) is 20.1 Å². The molecule has 0 amide bonds. The molecule has 0 radical (unpaired) electrons. The highest BCUT2D eigenvalue weighted by molar-refractivity contribution is 5.16. The van der Waals surface area contributed by atoms with Gasteiger partial charge in [-0.25, -0.2) is 5.01 Å². The zero-order valence-electron chi connectivity index (χ0n) is 22.4. The lowest BCUT2D eigenvalue weighted by atomic mass is 9.49. The van der Waals surface area contributed by atoms with Gasteiger partial charge in [-0.3, -0.25) is 5.84 Å². The molecule has 4 aliphatic rings. The molecule has 4 fully saturated rings. The monoisotopic (exact) mass is 457 g/mol. The van der Waals surface area contributed by atoms with Crippen LogP contribution in [0.5, 0.6) is 0 Å². The molecule has 0 saturated heterocycles. The van der Waals surface area contributed by atoms with Gasteiger partial charge in [0.2, 0.25) is 0 Å². The summed E-state index contributed by atoms with van der Waals surface area (Å²) in [4.78, 5) is 0. The zero-order valence-corrected chi connectivity index (χ0v) is 22.4. The molecule has 0 heterocycles. The van der Waals surface area contributed by atoms with Crippen LogP contribution in [0.15, 0.2) is 25.3 Å². The fourth-order valence-electron chi connectivity index (χ4n) is 8.50. The van der Waals surface area contributed by atoms with Gasteiger partial charge in [0.05, 0.1) is 0 Å². The average molecular weight is 458 g/mol. The fourth-order valence-corrected chi connectivity index (χ4v) is 8.50. The van der Waals surface area contributed by atoms with Crippen molar-refractivity contribution in [3.8, 4) is 12.8 Å². The van der Waals surface area contributed by atoms with Crippen LogP contribution in [0.1, 0.15) is 85.0 Å². The average Bonchev–Trinajstić information content (AvgIpc) is 3.20. The first-order valence-electron chi connectivity index (χ1n) is 13.5. The molecule has 4 rings (SSSR count). The quantitative estimate of drug-likeness (QED) is 0.210. The van der Waals surface area contributed by atoms with E-state index in [-0.39, 0.29) is 0 Å². The number of nitrogens with zero attached hydrogens (tertiary/aromatic N) is 1. The second-order valence-corrected chi connectivity index (χ2v) is 11.2. The van der Waals surface area contributed by atoms with Gasteiger partial charge in [0.25, 0.3) is 0 Å². The van der Waals surface area contributed by atoms with Crippen LogP contribution in [0, 0.1) is 59.7 Å². The first kappa shape index (κ1) is 30.0. The van der Waals surface area contributed by atoms with Gasteiger partial charge in [-0.1, -0.05) is 39.3 Å². The van der Waals surface area contributed by atoms with Crippen molar-refractivity contribution in [1.82, 2.24) is 5.01 Å². The Hall–Kier alpha value is -1.08. The molecular formula is C30H55N3. The lowest BCUT2D eigenvalue weighted by Crippen LogP contribution is -2.49. The van der Waals surface area contributed by atoms with Gasteiger partial charge in [0, 0.05) is 13.1 Å². The molecule has 7 unspecified atom stereocenters. The number of hydrogen-bond donors (Lipinski definition) is 2. The predicted molar refractivity (Wildman–Crippen MR) is 146 cm³/mol. The second-order valence-electron chi connectivity index (χ2n) is 11.2. The van der Waals surface area contributed by atoms with Gasteiger partial charge >= 0.3 is 0 Å². The summed E-state index contributed by atoms with van der Waals surface area (Å²) < 4.78 is 0. The van der Waals surface area contributed by atoms with Gasteiger partial charge in [0.15, 0.2) is 0 Å². The van der Waals surface area contributed by atoms with Crippen molar-refractivity contribution >= 4 is 0 Å². The van der Waals surface area contributed by atoms with E-state index >= 15 is 0 Å². The second kappa shape index (κ2) is 14.3. The minimum Gasteiger partial charge on any atom is -0.333 e. The van der Waals surface area contributed by atoms with E-state index in [1.54, 1.807) is 0 Å². The summed E-state index contributed by atoms with van der Waals surface area (Å²) in [5, 5.41) is 2.00. The first-order valence-corrected chi connectivity index (χ1v) is 13.5. The van der Waals surface area contributed by atoms with Crippen LogP contribution in [0.4, 0.5) is 0 Å². The van der Waals surface area contributed by atoms with Gasteiger partial charge in [-0.05, 0) is 112 Å². The minimum absolute atomic E-state index is 0.500. The van der Waals surface area contributed by atoms with Crippen LogP contribution in [-0.4, -0.2) is 25.1 Å². The summed E-state index contributed by atoms with van der Waals surface area (Å²) >= 11 is 0. The molecule has 3 heteroatoms. The molecule has 3 nitrogen and oxygen atoms in total. The zero-order chi connectivity index (χ0) is 25.2. The molecule has 0 aromatic heterocycles. The molecule has 0 spiro atoms. The van der Waals surface area contributed by atoms with E-state index < -0.39 is 0 Å². The van der Waals surface area contributed by atoms with Gasteiger partial charge in [0.1, 0.15) is 0 Å². The van der Waals surface area contributed by atoms with Crippen molar-refractivity contribution in [2.45, 2.75) is 85.0 Å².